The summed E-state index contributed by atoms with van der Waals surface area (Å²) < 4.78 is 3.96. The van der Waals surface area contributed by atoms with E-state index in [1.54, 1.807) is 6.92 Å². The molecule has 0 spiro atoms. The van der Waals surface area contributed by atoms with Gasteiger partial charge in [0.25, 0.3) is 5.91 Å². The third-order valence-corrected chi connectivity index (χ3v) is 6.15. The molecule has 1 amide bonds. The summed E-state index contributed by atoms with van der Waals surface area (Å²) in [5.41, 5.74) is 14.5. The molecular formula is C28H27N7O. The van der Waals surface area contributed by atoms with Gasteiger partial charge in [0.1, 0.15) is 17.8 Å². The summed E-state index contributed by atoms with van der Waals surface area (Å²) in [6.07, 6.45) is 5.36. The predicted octanol–water partition coefficient (Wildman–Crippen LogP) is 4.95. The maximum absolute atomic E-state index is 12.0. The minimum atomic E-state index is -0.207. The number of nitrogens with zero attached hydrogens (tertiary/aromatic N) is 5. The molecule has 0 radical (unpaired) electrons. The highest BCUT2D eigenvalue weighted by molar-refractivity contribution is 6.08. The molecule has 8 heteroatoms. The van der Waals surface area contributed by atoms with E-state index in [0.717, 1.165) is 44.5 Å². The SMILES string of the molecule is C=C(C)C(=O)Nc1ccc(-c2c(-c3ccc(Cn4cc(C)cn4)cc3)c3c(N)ncnc3n2C)cc1. The van der Waals surface area contributed by atoms with Crippen LogP contribution >= 0.6 is 0 Å². The van der Waals surface area contributed by atoms with Crippen LogP contribution in [0.4, 0.5) is 11.5 Å². The normalized spacial score (nSPS) is 11.1. The number of carbonyl (C=O) groups excluding carboxylic acids is 1. The molecule has 0 unspecified atom stereocenters. The van der Waals surface area contributed by atoms with E-state index in [1.807, 2.05) is 59.9 Å². The molecule has 0 aliphatic heterocycles. The molecule has 3 N–H and O–H groups in total. The number of hydrogen-bond acceptors (Lipinski definition) is 5. The third kappa shape index (κ3) is 4.24. The molecule has 0 saturated heterocycles. The van der Waals surface area contributed by atoms with Gasteiger partial charge in [0.2, 0.25) is 0 Å². The molecule has 3 heterocycles. The lowest BCUT2D eigenvalue weighted by molar-refractivity contribution is -0.112. The van der Waals surface area contributed by atoms with Crippen molar-refractivity contribution in [3.8, 4) is 22.4 Å². The van der Waals surface area contributed by atoms with Gasteiger partial charge in [0.05, 0.1) is 23.8 Å². The minimum absolute atomic E-state index is 0.207. The summed E-state index contributed by atoms with van der Waals surface area (Å²) in [5, 5.41) is 8.04. The molecule has 0 aliphatic carbocycles. The van der Waals surface area contributed by atoms with Crippen LogP contribution in [0.25, 0.3) is 33.4 Å². The number of rotatable bonds is 6. The van der Waals surface area contributed by atoms with Crippen molar-refractivity contribution in [2.75, 3.05) is 11.1 Å². The number of carbonyl (C=O) groups is 1. The fraction of sp³-hybridized carbons (Fsp3) is 0.143. The fourth-order valence-corrected chi connectivity index (χ4v) is 4.36. The molecule has 0 saturated carbocycles. The molecule has 8 nitrogen and oxygen atoms in total. The number of nitrogens with one attached hydrogen (secondary N) is 1. The standard InChI is InChI=1S/C28H27N7O/c1-17(2)28(36)33-22-11-9-21(10-12-22)25-23(24-26(29)30-16-31-27(24)34(25)4)20-7-5-19(6-8-20)15-35-14-18(3)13-32-35/h5-14,16H,1,15H2,2-4H3,(H,33,36)(H2,29,30,31). The Labute approximate surface area is 209 Å². The van der Waals surface area contributed by atoms with Crippen LogP contribution in [0.15, 0.2) is 79.4 Å². The van der Waals surface area contributed by atoms with Crippen molar-refractivity contribution in [1.29, 1.82) is 0 Å². The molecular weight excluding hydrogens is 450 g/mol. The van der Waals surface area contributed by atoms with Crippen LogP contribution in [0.2, 0.25) is 0 Å². The van der Waals surface area contributed by atoms with Gasteiger partial charge in [-0.1, -0.05) is 43.0 Å². The first-order chi connectivity index (χ1) is 17.3. The largest absolute Gasteiger partial charge is 0.383 e. The van der Waals surface area contributed by atoms with E-state index < -0.39 is 0 Å². The van der Waals surface area contributed by atoms with E-state index in [2.05, 4.69) is 51.2 Å². The highest BCUT2D eigenvalue weighted by atomic mass is 16.1. The Morgan fingerprint density at radius 1 is 1.06 bits per heavy atom. The number of fused-ring (bicyclic) bond motifs is 1. The van der Waals surface area contributed by atoms with Crippen molar-refractivity contribution in [1.82, 2.24) is 24.3 Å². The average molecular weight is 478 g/mol. The molecule has 0 fully saturated rings. The Morgan fingerprint density at radius 2 is 1.75 bits per heavy atom. The maximum Gasteiger partial charge on any atom is 0.250 e. The molecule has 2 aromatic carbocycles. The van der Waals surface area contributed by atoms with Crippen LogP contribution in [0.5, 0.6) is 0 Å². The van der Waals surface area contributed by atoms with E-state index in [-0.39, 0.29) is 5.91 Å². The molecule has 180 valence electrons. The Kier molecular flexibility index (Phi) is 5.85. The van der Waals surface area contributed by atoms with Crippen molar-refractivity contribution < 1.29 is 4.79 Å². The Bertz CT molecular complexity index is 1590. The summed E-state index contributed by atoms with van der Waals surface area (Å²) >= 11 is 0. The number of anilines is 2. The highest BCUT2D eigenvalue weighted by Crippen LogP contribution is 2.41. The first-order valence-corrected chi connectivity index (χ1v) is 11.6. The van der Waals surface area contributed by atoms with Crippen LogP contribution in [-0.2, 0) is 18.4 Å². The van der Waals surface area contributed by atoms with Gasteiger partial charge < -0.3 is 15.6 Å². The smallest absolute Gasteiger partial charge is 0.250 e. The molecule has 0 aliphatic rings. The van der Waals surface area contributed by atoms with Gasteiger partial charge in [-0.15, -0.1) is 0 Å². The van der Waals surface area contributed by atoms with Gasteiger partial charge in [-0.2, -0.15) is 5.10 Å². The lowest BCUT2D eigenvalue weighted by atomic mass is 9.97. The van der Waals surface area contributed by atoms with Gasteiger partial charge in [-0.25, -0.2) is 9.97 Å². The minimum Gasteiger partial charge on any atom is -0.383 e. The second-order valence-corrected chi connectivity index (χ2v) is 8.96. The zero-order valence-corrected chi connectivity index (χ0v) is 20.5. The number of hydrogen-bond donors (Lipinski definition) is 2. The molecule has 5 rings (SSSR count). The predicted molar refractivity (Wildman–Crippen MR) is 143 cm³/mol. The van der Waals surface area contributed by atoms with Crippen LogP contribution in [0.1, 0.15) is 18.1 Å². The maximum atomic E-state index is 12.0. The molecule has 5 aromatic rings. The lowest BCUT2D eigenvalue weighted by Gasteiger charge is -2.11. The zero-order valence-electron chi connectivity index (χ0n) is 20.5. The van der Waals surface area contributed by atoms with Crippen molar-refractivity contribution in [2.24, 2.45) is 7.05 Å². The van der Waals surface area contributed by atoms with E-state index in [0.29, 0.717) is 23.6 Å². The number of aryl methyl sites for hydroxylation is 2. The molecule has 3 aromatic heterocycles. The van der Waals surface area contributed by atoms with E-state index >= 15 is 0 Å². The fourth-order valence-electron chi connectivity index (χ4n) is 4.36. The monoisotopic (exact) mass is 477 g/mol. The average Bonchev–Trinajstić information content (AvgIpc) is 3.41. The van der Waals surface area contributed by atoms with Crippen LogP contribution in [0.3, 0.4) is 0 Å². The molecule has 0 atom stereocenters. The van der Waals surface area contributed by atoms with Crippen LogP contribution in [0, 0.1) is 6.92 Å². The second-order valence-electron chi connectivity index (χ2n) is 8.96. The van der Waals surface area contributed by atoms with Gasteiger partial charge in [-0.05, 0) is 48.2 Å². The Balaban J connectivity index is 1.58. The lowest BCUT2D eigenvalue weighted by Crippen LogP contribution is -2.11. The topological polar surface area (TPSA) is 104 Å². The van der Waals surface area contributed by atoms with E-state index in [1.165, 1.54) is 6.33 Å². The first kappa shape index (κ1) is 23.0. The number of aromatic nitrogens is 5. The van der Waals surface area contributed by atoms with E-state index in [4.69, 9.17) is 5.73 Å². The summed E-state index contributed by atoms with van der Waals surface area (Å²) in [7, 11) is 1.97. The Hall–Kier alpha value is -4.72. The summed E-state index contributed by atoms with van der Waals surface area (Å²) in [6, 6.07) is 16.1. The summed E-state index contributed by atoms with van der Waals surface area (Å²) in [6.45, 7) is 8.09. The molecule has 0 bridgehead atoms. The summed E-state index contributed by atoms with van der Waals surface area (Å²) in [5.74, 6) is 0.222. The van der Waals surface area contributed by atoms with Crippen molar-refractivity contribution in [3.05, 3.63) is 90.5 Å². The van der Waals surface area contributed by atoms with Gasteiger partial charge in [0, 0.05) is 30.1 Å². The third-order valence-electron chi connectivity index (χ3n) is 6.15. The van der Waals surface area contributed by atoms with Crippen molar-refractivity contribution >= 4 is 28.4 Å². The van der Waals surface area contributed by atoms with Gasteiger partial charge in [-0.3, -0.25) is 9.48 Å². The van der Waals surface area contributed by atoms with E-state index in [9.17, 15) is 4.79 Å². The first-order valence-electron chi connectivity index (χ1n) is 11.6. The van der Waals surface area contributed by atoms with Crippen molar-refractivity contribution in [2.45, 2.75) is 20.4 Å². The second kappa shape index (κ2) is 9.14. The summed E-state index contributed by atoms with van der Waals surface area (Å²) in [4.78, 5) is 20.8. The number of amides is 1. The van der Waals surface area contributed by atoms with Gasteiger partial charge in [0.15, 0.2) is 0 Å². The van der Waals surface area contributed by atoms with Crippen LogP contribution in [-0.4, -0.2) is 30.2 Å². The quantitative estimate of drug-likeness (QED) is 0.337. The number of benzene rings is 2. The number of nitrogens with two attached hydrogens (primary N) is 1. The molecule has 36 heavy (non-hydrogen) atoms. The van der Waals surface area contributed by atoms with Gasteiger partial charge >= 0.3 is 0 Å². The van der Waals surface area contributed by atoms with Crippen molar-refractivity contribution in [3.63, 3.8) is 0 Å². The zero-order chi connectivity index (χ0) is 25.4. The highest BCUT2D eigenvalue weighted by Gasteiger charge is 2.21. The number of nitrogen functional groups attached to an aromatic ring is 1. The Morgan fingerprint density at radius 3 is 2.39 bits per heavy atom. The van der Waals surface area contributed by atoms with Crippen LogP contribution < -0.4 is 11.1 Å².